The third-order valence-corrected chi connectivity index (χ3v) is 3.70. The number of H-pyrrole nitrogens is 1. The largest absolute Gasteiger partial charge is 0.493 e. The van der Waals surface area contributed by atoms with Crippen molar-refractivity contribution < 1.29 is 9.90 Å². The highest BCUT2D eigenvalue weighted by atomic mass is 32.2. The van der Waals surface area contributed by atoms with Crippen LogP contribution in [0, 0.1) is 3.95 Å². The van der Waals surface area contributed by atoms with Crippen LogP contribution in [0.1, 0.15) is 4.88 Å². The lowest BCUT2D eigenvalue weighted by molar-refractivity contribution is -0.115. The minimum absolute atomic E-state index is 0.00375. The molecule has 2 N–H and O–H groups in total. The minimum atomic E-state index is -0.168. The van der Waals surface area contributed by atoms with Gasteiger partial charge in [0, 0.05) is 0 Å². The molecule has 1 aromatic rings. The number of rotatable bonds is 1. The summed E-state index contributed by atoms with van der Waals surface area (Å²) in [5.74, 6) is 0.175. The van der Waals surface area contributed by atoms with Crippen LogP contribution in [0.25, 0.3) is 0 Å². The van der Waals surface area contributed by atoms with Crippen LogP contribution < -0.4 is 0 Å². The Kier molecular flexibility index (Phi) is 2.22. The lowest BCUT2D eigenvalue weighted by Crippen LogP contribution is -1.87. The quantitative estimate of drug-likeness (QED) is 0.721. The van der Waals surface area contributed by atoms with Gasteiger partial charge in [-0.15, -0.1) is 0 Å². The average molecular weight is 232 g/mol. The van der Waals surface area contributed by atoms with E-state index in [-0.39, 0.29) is 11.8 Å². The number of nitrogens with one attached hydrogen (secondary N) is 1. The van der Waals surface area contributed by atoms with E-state index in [1.54, 1.807) is 0 Å². The van der Waals surface area contributed by atoms with Crippen LogP contribution in [0.15, 0.2) is 4.99 Å². The van der Waals surface area contributed by atoms with Crippen LogP contribution in [0.2, 0.25) is 0 Å². The SMILES string of the molecule is O=C1CSC(c2sc(=S)[nH]c2O)=N1. The van der Waals surface area contributed by atoms with Crippen LogP contribution in [0.4, 0.5) is 0 Å². The second kappa shape index (κ2) is 3.24. The van der Waals surface area contributed by atoms with Crippen molar-refractivity contribution in [3.05, 3.63) is 8.83 Å². The highest BCUT2D eigenvalue weighted by Gasteiger charge is 2.20. The maximum absolute atomic E-state index is 10.8. The molecule has 2 rings (SSSR count). The Bertz CT molecular complexity index is 445. The summed E-state index contributed by atoms with van der Waals surface area (Å²) in [7, 11) is 0. The molecule has 0 atom stereocenters. The molecule has 68 valence electrons. The Morgan fingerprint density at radius 2 is 2.38 bits per heavy atom. The minimum Gasteiger partial charge on any atom is -0.493 e. The fourth-order valence-corrected chi connectivity index (χ4v) is 2.87. The van der Waals surface area contributed by atoms with E-state index in [4.69, 9.17) is 12.2 Å². The van der Waals surface area contributed by atoms with Crippen LogP contribution in [-0.2, 0) is 4.79 Å². The van der Waals surface area contributed by atoms with Crippen molar-refractivity contribution in [2.45, 2.75) is 0 Å². The molecule has 0 aromatic carbocycles. The fourth-order valence-electron chi connectivity index (χ4n) is 0.889. The molecule has 7 heteroatoms. The molecule has 0 spiro atoms. The van der Waals surface area contributed by atoms with Gasteiger partial charge in [-0.1, -0.05) is 23.1 Å². The number of amides is 1. The molecule has 13 heavy (non-hydrogen) atoms. The predicted octanol–water partition coefficient (Wildman–Crippen LogP) is 1.53. The van der Waals surface area contributed by atoms with Crippen molar-refractivity contribution >= 4 is 46.3 Å². The van der Waals surface area contributed by atoms with Gasteiger partial charge in [0.2, 0.25) is 5.88 Å². The molecule has 1 aliphatic heterocycles. The number of aromatic amines is 1. The van der Waals surface area contributed by atoms with Crippen LogP contribution in [0.5, 0.6) is 5.88 Å². The van der Waals surface area contributed by atoms with Crippen LogP contribution in [0.3, 0.4) is 0 Å². The van der Waals surface area contributed by atoms with E-state index < -0.39 is 0 Å². The summed E-state index contributed by atoms with van der Waals surface area (Å²) < 4.78 is 0.482. The van der Waals surface area contributed by atoms with Gasteiger partial charge in [-0.25, -0.2) is 4.99 Å². The van der Waals surface area contributed by atoms with Crippen molar-refractivity contribution in [2.75, 3.05) is 5.75 Å². The lowest BCUT2D eigenvalue weighted by Gasteiger charge is -1.92. The van der Waals surface area contributed by atoms with Crippen LogP contribution in [-0.4, -0.2) is 26.8 Å². The molecule has 0 saturated heterocycles. The number of thiazole rings is 1. The molecule has 1 amide bonds. The number of hydrogen-bond donors (Lipinski definition) is 2. The zero-order valence-electron chi connectivity index (χ0n) is 6.23. The summed E-state index contributed by atoms with van der Waals surface area (Å²) in [4.78, 5) is 17.7. The van der Waals surface area contributed by atoms with E-state index in [0.717, 1.165) is 0 Å². The summed E-state index contributed by atoms with van der Waals surface area (Å²) >= 11 is 7.37. The zero-order valence-corrected chi connectivity index (χ0v) is 8.68. The summed E-state index contributed by atoms with van der Waals surface area (Å²) in [6.07, 6.45) is 0. The van der Waals surface area contributed by atoms with Gasteiger partial charge < -0.3 is 10.1 Å². The second-order valence-electron chi connectivity index (χ2n) is 2.29. The van der Waals surface area contributed by atoms with Crippen molar-refractivity contribution in [3.63, 3.8) is 0 Å². The maximum atomic E-state index is 10.8. The highest BCUT2D eigenvalue weighted by Crippen LogP contribution is 2.29. The first-order valence-electron chi connectivity index (χ1n) is 3.33. The molecule has 4 nitrogen and oxygen atoms in total. The molecular formula is C6H4N2O2S3. The summed E-state index contributed by atoms with van der Waals surface area (Å²) in [6, 6.07) is 0. The molecule has 1 aliphatic rings. The number of aromatic nitrogens is 1. The normalized spacial score (nSPS) is 16.3. The smallest absolute Gasteiger partial charge is 0.257 e. The molecule has 1 aromatic heterocycles. The molecule has 0 saturated carbocycles. The Morgan fingerprint density at radius 1 is 1.62 bits per heavy atom. The first kappa shape index (κ1) is 8.92. The number of carbonyl (C=O) groups is 1. The number of aromatic hydroxyl groups is 1. The zero-order chi connectivity index (χ0) is 9.42. The third-order valence-electron chi connectivity index (χ3n) is 1.38. The lowest BCUT2D eigenvalue weighted by atomic mass is 10.5. The van der Waals surface area contributed by atoms with Crippen molar-refractivity contribution in [3.8, 4) is 5.88 Å². The Labute approximate surface area is 86.7 Å². The van der Waals surface area contributed by atoms with Gasteiger partial charge in [0.05, 0.1) is 5.75 Å². The summed E-state index contributed by atoms with van der Waals surface area (Å²) in [5.41, 5.74) is 0. The van der Waals surface area contributed by atoms with E-state index in [9.17, 15) is 9.90 Å². The van der Waals surface area contributed by atoms with Gasteiger partial charge in [0.15, 0.2) is 3.95 Å². The number of carbonyl (C=O) groups excluding carboxylic acids is 1. The summed E-state index contributed by atoms with van der Waals surface area (Å²) in [6.45, 7) is 0. The topological polar surface area (TPSA) is 65.5 Å². The Balaban J connectivity index is 2.46. The number of hydrogen-bond acceptors (Lipinski definition) is 5. The molecule has 0 aliphatic carbocycles. The average Bonchev–Trinajstić information content (AvgIpc) is 2.58. The molecule has 2 heterocycles. The fraction of sp³-hybridized carbons (Fsp3) is 0.167. The highest BCUT2D eigenvalue weighted by molar-refractivity contribution is 8.15. The van der Waals surface area contributed by atoms with E-state index in [1.807, 2.05) is 0 Å². The van der Waals surface area contributed by atoms with Crippen LogP contribution >= 0.6 is 35.3 Å². The van der Waals surface area contributed by atoms with Gasteiger partial charge in [-0.2, -0.15) is 0 Å². The van der Waals surface area contributed by atoms with Crippen molar-refractivity contribution in [2.24, 2.45) is 4.99 Å². The molecule has 0 bridgehead atoms. The summed E-state index contributed by atoms with van der Waals surface area (Å²) in [5, 5.41) is 9.92. The van der Waals surface area contributed by atoms with Gasteiger partial charge >= 0.3 is 0 Å². The number of thioether (sulfide) groups is 1. The first-order chi connectivity index (χ1) is 6.16. The molecule has 0 unspecified atom stereocenters. The van der Waals surface area contributed by atoms with Gasteiger partial charge in [-0.3, -0.25) is 4.79 Å². The van der Waals surface area contributed by atoms with Gasteiger partial charge in [-0.05, 0) is 12.2 Å². The Hall–Kier alpha value is -0.660. The maximum Gasteiger partial charge on any atom is 0.257 e. The standard InChI is InChI=1S/C6H4N2O2S3/c9-2-1-12-5(7-2)3-4(10)8-6(11)13-3/h10H,1H2,(H,8,11). The van der Waals surface area contributed by atoms with E-state index in [0.29, 0.717) is 19.6 Å². The number of aliphatic imine (C=N–C) groups is 1. The Morgan fingerprint density at radius 3 is 2.85 bits per heavy atom. The monoisotopic (exact) mass is 232 g/mol. The van der Waals surface area contributed by atoms with E-state index >= 15 is 0 Å². The predicted molar refractivity (Wildman–Crippen MR) is 55.2 cm³/mol. The van der Waals surface area contributed by atoms with E-state index in [2.05, 4.69) is 9.98 Å². The second-order valence-corrected chi connectivity index (χ2v) is 4.94. The van der Waals surface area contributed by atoms with Gasteiger partial charge in [0.1, 0.15) is 9.92 Å². The molecule has 0 fully saturated rings. The van der Waals surface area contributed by atoms with E-state index in [1.165, 1.54) is 23.1 Å². The molecular weight excluding hydrogens is 228 g/mol. The van der Waals surface area contributed by atoms with Gasteiger partial charge in [0.25, 0.3) is 5.91 Å². The first-order valence-corrected chi connectivity index (χ1v) is 5.54. The van der Waals surface area contributed by atoms with Crippen molar-refractivity contribution in [1.29, 1.82) is 0 Å². The third kappa shape index (κ3) is 1.67. The molecule has 0 radical (unpaired) electrons. The number of nitrogens with zero attached hydrogens (tertiary/aromatic N) is 1. The van der Waals surface area contributed by atoms with Crippen molar-refractivity contribution in [1.82, 2.24) is 4.98 Å².